The summed E-state index contributed by atoms with van der Waals surface area (Å²) in [5.74, 6) is -0.0645. The highest BCUT2D eigenvalue weighted by Gasteiger charge is 2.17. The van der Waals surface area contributed by atoms with Crippen LogP contribution in [0.2, 0.25) is 0 Å². The lowest BCUT2D eigenvalue weighted by atomic mass is 10.2. The van der Waals surface area contributed by atoms with Gasteiger partial charge in [-0.05, 0) is 31.9 Å². The van der Waals surface area contributed by atoms with Crippen molar-refractivity contribution < 1.29 is 4.79 Å². The third-order valence-corrected chi connectivity index (χ3v) is 4.83. The van der Waals surface area contributed by atoms with Crippen LogP contribution in [0, 0.1) is 6.92 Å². The van der Waals surface area contributed by atoms with Crippen molar-refractivity contribution in [3.63, 3.8) is 0 Å². The van der Waals surface area contributed by atoms with Gasteiger partial charge in [-0.25, -0.2) is 0 Å². The number of amides is 1. The summed E-state index contributed by atoms with van der Waals surface area (Å²) >= 11 is 1.61. The summed E-state index contributed by atoms with van der Waals surface area (Å²) in [5.41, 5.74) is -0.0755. The molecule has 0 radical (unpaired) electrons. The lowest BCUT2D eigenvalue weighted by molar-refractivity contribution is -0.122. The average molecular weight is 290 g/mol. The van der Waals surface area contributed by atoms with Gasteiger partial charge in [-0.1, -0.05) is 12.8 Å². The molecule has 106 valence electrons. The van der Waals surface area contributed by atoms with Crippen LogP contribution in [0.15, 0.2) is 23.1 Å². The topological polar surface area (TPSA) is 51.1 Å². The van der Waals surface area contributed by atoms with E-state index in [2.05, 4.69) is 5.32 Å². The SMILES string of the molecule is Cc1cc2c(=O)n(CC(=O)NC3CCCC3)ccc2s1. The number of hydrogen-bond donors (Lipinski definition) is 1. The van der Waals surface area contributed by atoms with Crippen molar-refractivity contribution >= 4 is 27.3 Å². The monoisotopic (exact) mass is 290 g/mol. The molecule has 2 aromatic heterocycles. The van der Waals surface area contributed by atoms with E-state index < -0.39 is 0 Å². The van der Waals surface area contributed by atoms with Crippen molar-refractivity contribution in [1.82, 2.24) is 9.88 Å². The maximum atomic E-state index is 12.3. The number of carbonyl (C=O) groups is 1. The Morgan fingerprint density at radius 3 is 2.95 bits per heavy atom. The van der Waals surface area contributed by atoms with Crippen LogP contribution in [0.3, 0.4) is 0 Å². The molecule has 1 aliphatic rings. The fraction of sp³-hybridized carbons (Fsp3) is 0.467. The number of rotatable bonds is 3. The van der Waals surface area contributed by atoms with Crippen LogP contribution in [-0.2, 0) is 11.3 Å². The molecule has 1 fully saturated rings. The summed E-state index contributed by atoms with van der Waals surface area (Å²) in [6, 6.07) is 4.11. The molecule has 3 rings (SSSR count). The Hall–Kier alpha value is -1.62. The Morgan fingerprint density at radius 1 is 1.45 bits per heavy atom. The lowest BCUT2D eigenvalue weighted by Gasteiger charge is -2.12. The van der Waals surface area contributed by atoms with E-state index in [-0.39, 0.29) is 18.0 Å². The zero-order chi connectivity index (χ0) is 14.1. The van der Waals surface area contributed by atoms with E-state index in [0.717, 1.165) is 22.4 Å². The van der Waals surface area contributed by atoms with Gasteiger partial charge < -0.3 is 9.88 Å². The molecule has 0 spiro atoms. The second-order valence-corrected chi connectivity index (χ2v) is 6.72. The highest BCUT2D eigenvalue weighted by atomic mass is 32.1. The van der Waals surface area contributed by atoms with Gasteiger partial charge in [0.25, 0.3) is 5.56 Å². The Bertz CT molecular complexity index is 695. The van der Waals surface area contributed by atoms with Gasteiger partial charge in [0, 0.05) is 21.8 Å². The maximum Gasteiger partial charge on any atom is 0.259 e. The van der Waals surface area contributed by atoms with E-state index in [1.54, 1.807) is 17.5 Å². The Kier molecular flexibility index (Phi) is 3.61. The van der Waals surface area contributed by atoms with Gasteiger partial charge in [-0.15, -0.1) is 11.3 Å². The molecular formula is C15H18N2O2S. The van der Waals surface area contributed by atoms with Gasteiger partial charge in [0.15, 0.2) is 0 Å². The van der Waals surface area contributed by atoms with Crippen molar-refractivity contribution in [3.05, 3.63) is 33.6 Å². The molecule has 0 atom stereocenters. The Morgan fingerprint density at radius 2 is 2.20 bits per heavy atom. The van der Waals surface area contributed by atoms with Crippen LogP contribution in [0.1, 0.15) is 30.6 Å². The molecule has 1 aliphatic carbocycles. The molecule has 4 nitrogen and oxygen atoms in total. The first-order chi connectivity index (χ1) is 9.63. The summed E-state index contributed by atoms with van der Waals surface area (Å²) in [4.78, 5) is 25.4. The predicted octanol–water partition coefficient (Wildman–Crippen LogP) is 2.43. The zero-order valence-electron chi connectivity index (χ0n) is 11.5. The fourth-order valence-corrected chi connectivity index (χ4v) is 3.73. The number of nitrogens with zero attached hydrogens (tertiary/aromatic N) is 1. The number of hydrogen-bond acceptors (Lipinski definition) is 3. The molecule has 0 aliphatic heterocycles. The summed E-state index contributed by atoms with van der Waals surface area (Å²) in [7, 11) is 0. The molecule has 0 unspecified atom stereocenters. The molecule has 5 heteroatoms. The Balaban J connectivity index is 1.78. The molecule has 1 saturated carbocycles. The van der Waals surface area contributed by atoms with E-state index >= 15 is 0 Å². The summed E-state index contributed by atoms with van der Waals surface area (Å²) in [6.45, 7) is 2.10. The van der Waals surface area contributed by atoms with Crippen LogP contribution in [-0.4, -0.2) is 16.5 Å². The molecule has 0 aromatic carbocycles. The minimum Gasteiger partial charge on any atom is -0.352 e. The predicted molar refractivity (Wildman–Crippen MR) is 81.2 cm³/mol. The number of pyridine rings is 1. The van der Waals surface area contributed by atoms with Crippen LogP contribution in [0.5, 0.6) is 0 Å². The second-order valence-electron chi connectivity index (χ2n) is 5.43. The minimum absolute atomic E-state index is 0.0645. The quantitative estimate of drug-likeness (QED) is 0.944. The molecule has 1 N–H and O–H groups in total. The van der Waals surface area contributed by atoms with Crippen molar-refractivity contribution in [1.29, 1.82) is 0 Å². The summed E-state index contributed by atoms with van der Waals surface area (Å²) < 4.78 is 2.48. The van der Waals surface area contributed by atoms with Crippen LogP contribution >= 0.6 is 11.3 Å². The largest absolute Gasteiger partial charge is 0.352 e. The maximum absolute atomic E-state index is 12.3. The van der Waals surface area contributed by atoms with E-state index in [1.165, 1.54) is 17.4 Å². The minimum atomic E-state index is -0.0755. The number of nitrogens with one attached hydrogen (secondary N) is 1. The average Bonchev–Trinajstić information content (AvgIpc) is 3.02. The second kappa shape index (κ2) is 5.40. The third-order valence-electron chi connectivity index (χ3n) is 3.82. The van der Waals surface area contributed by atoms with Crippen molar-refractivity contribution in [2.75, 3.05) is 0 Å². The highest BCUT2D eigenvalue weighted by Crippen LogP contribution is 2.21. The molecule has 0 bridgehead atoms. The van der Waals surface area contributed by atoms with Crippen LogP contribution < -0.4 is 10.9 Å². The number of aromatic nitrogens is 1. The van der Waals surface area contributed by atoms with Crippen LogP contribution in [0.25, 0.3) is 10.1 Å². The first-order valence-electron chi connectivity index (χ1n) is 7.02. The highest BCUT2D eigenvalue weighted by molar-refractivity contribution is 7.18. The van der Waals surface area contributed by atoms with Gasteiger partial charge in [-0.3, -0.25) is 9.59 Å². The standard InChI is InChI=1S/C15H18N2O2S/c1-10-8-12-13(20-10)6-7-17(15(12)19)9-14(18)16-11-4-2-3-5-11/h6-8,11H,2-5,9H2,1H3,(H,16,18). The first-order valence-corrected chi connectivity index (χ1v) is 7.84. The normalized spacial score (nSPS) is 15.8. The van der Waals surface area contributed by atoms with E-state index in [0.29, 0.717) is 11.4 Å². The fourth-order valence-electron chi connectivity index (χ4n) is 2.83. The molecule has 20 heavy (non-hydrogen) atoms. The first kappa shape index (κ1) is 13.4. The Labute approximate surface area is 121 Å². The van der Waals surface area contributed by atoms with Gasteiger partial charge >= 0.3 is 0 Å². The van der Waals surface area contributed by atoms with Crippen molar-refractivity contribution in [2.24, 2.45) is 0 Å². The van der Waals surface area contributed by atoms with Crippen molar-refractivity contribution in [2.45, 2.75) is 45.2 Å². The van der Waals surface area contributed by atoms with Gasteiger partial charge in [-0.2, -0.15) is 0 Å². The number of fused-ring (bicyclic) bond motifs is 1. The smallest absolute Gasteiger partial charge is 0.259 e. The molecule has 1 amide bonds. The van der Waals surface area contributed by atoms with Crippen molar-refractivity contribution in [3.8, 4) is 0 Å². The van der Waals surface area contributed by atoms with E-state index in [4.69, 9.17) is 0 Å². The van der Waals surface area contributed by atoms with Crippen LogP contribution in [0.4, 0.5) is 0 Å². The lowest BCUT2D eigenvalue weighted by Crippen LogP contribution is -2.37. The van der Waals surface area contributed by atoms with Gasteiger partial charge in [0.1, 0.15) is 6.54 Å². The molecule has 2 heterocycles. The van der Waals surface area contributed by atoms with E-state index in [1.807, 2.05) is 19.1 Å². The van der Waals surface area contributed by atoms with Gasteiger partial charge in [0.2, 0.25) is 5.91 Å². The molecular weight excluding hydrogens is 272 g/mol. The van der Waals surface area contributed by atoms with Gasteiger partial charge in [0.05, 0.1) is 5.39 Å². The number of thiophene rings is 1. The van der Waals surface area contributed by atoms with E-state index in [9.17, 15) is 9.59 Å². The molecule has 0 saturated heterocycles. The summed E-state index contributed by atoms with van der Waals surface area (Å²) in [6.07, 6.45) is 6.21. The summed E-state index contributed by atoms with van der Waals surface area (Å²) in [5, 5.41) is 3.72. The third kappa shape index (κ3) is 2.63. The molecule has 2 aromatic rings. The zero-order valence-corrected chi connectivity index (χ0v) is 12.3. The number of aryl methyl sites for hydroxylation is 1. The number of carbonyl (C=O) groups excluding carboxylic acids is 1.